The fraction of sp³-hybridized carbons (Fsp3) is 0.231. The monoisotopic (exact) mass is 465 g/mol. The molecule has 0 unspecified atom stereocenters. The summed E-state index contributed by atoms with van der Waals surface area (Å²) in [4.78, 5) is 18.2. The summed E-state index contributed by atoms with van der Waals surface area (Å²) < 4.78 is 18.4. The van der Waals surface area contributed by atoms with Crippen LogP contribution in [0.25, 0.3) is 0 Å². The number of nitrogens with one attached hydrogen (secondary N) is 1. The van der Waals surface area contributed by atoms with Crippen molar-refractivity contribution in [1.82, 2.24) is 5.32 Å². The number of aliphatic carboxylic acids is 2. The lowest BCUT2D eigenvalue weighted by molar-refractivity contribution is -0.159. The number of carbonyl (C=O) groups is 2. The van der Waals surface area contributed by atoms with Gasteiger partial charge in [-0.2, -0.15) is 0 Å². The predicted molar refractivity (Wildman–Crippen MR) is 125 cm³/mol. The highest BCUT2D eigenvalue weighted by Gasteiger charge is 2.44. The van der Waals surface area contributed by atoms with E-state index in [4.69, 9.17) is 34.0 Å². The first-order chi connectivity index (χ1) is 16.5. The van der Waals surface area contributed by atoms with Gasteiger partial charge in [0.05, 0.1) is 12.7 Å². The topological polar surface area (TPSA) is 114 Å². The quantitative estimate of drug-likeness (QED) is 0.343. The highest BCUT2D eigenvalue weighted by molar-refractivity contribution is 6.27. The molecule has 1 aliphatic heterocycles. The van der Waals surface area contributed by atoms with Gasteiger partial charge in [-0.1, -0.05) is 78.9 Å². The van der Waals surface area contributed by atoms with Crippen LogP contribution in [0.3, 0.4) is 0 Å². The van der Waals surface area contributed by atoms with E-state index >= 15 is 0 Å². The number of para-hydroxylation sites is 1. The van der Waals surface area contributed by atoms with Crippen LogP contribution in [0.15, 0.2) is 91.0 Å². The van der Waals surface area contributed by atoms with Gasteiger partial charge in [-0.05, 0) is 12.1 Å². The Kier molecular flexibility index (Phi) is 9.16. The van der Waals surface area contributed by atoms with Crippen LogP contribution in [-0.4, -0.2) is 54.6 Å². The summed E-state index contributed by atoms with van der Waals surface area (Å²) >= 11 is 0. The first-order valence-electron chi connectivity index (χ1n) is 10.8. The summed E-state index contributed by atoms with van der Waals surface area (Å²) in [5, 5.41) is 18.2. The molecule has 4 rings (SSSR count). The molecule has 34 heavy (non-hydrogen) atoms. The Morgan fingerprint density at radius 3 is 1.85 bits per heavy atom. The summed E-state index contributed by atoms with van der Waals surface area (Å²) in [7, 11) is 0. The van der Waals surface area contributed by atoms with Crippen LogP contribution in [0.5, 0.6) is 5.75 Å². The normalized spacial score (nSPS) is 16.2. The number of carboxylic acid groups (broad SMARTS) is 2. The molecule has 1 atom stereocenters. The molecule has 8 heteroatoms. The third-order valence-corrected chi connectivity index (χ3v) is 4.96. The van der Waals surface area contributed by atoms with Crippen molar-refractivity contribution in [2.75, 3.05) is 26.3 Å². The zero-order valence-electron chi connectivity index (χ0n) is 18.5. The van der Waals surface area contributed by atoms with Gasteiger partial charge >= 0.3 is 11.9 Å². The fourth-order valence-corrected chi connectivity index (χ4v) is 3.42. The van der Waals surface area contributed by atoms with Gasteiger partial charge in [0.1, 0.15) is 12.4 Å². The lowest BCUT2D eigenvalue weighted by atomic mass is 9.97. The zero-order chi connectivity index (χ0) is 24.2. The third kappa shape index (κ3) is 6.89. The van der Waals surface area contributed by atoms with Crippen LogP contribution in [-0.2, 0) is 24.8 Å². The van der Waals surface area contributed by atoms with E-state index in [1.165, 1.54) is 0 Å². The van der Waals surface area contributed by atoms with Crippen molar-refractivity contribution >= 4 is 11.9 Å². The number of hydrogen-bond donors (Lipinski definition) is 3. The summed E-state index contributed by atoms with van der Waals surface area (Å²) in [5.74, 6) is -3.61. The van der Waals surface area contributed by atoms with Crippen molar-refractivity contribution in [3.05, 3.63) is 102 Å². The van der Waals surface area contributed by atoms with Gasteiger partial charge in [0, 0.05) is 24.2 Å². The van der Waals surface area contributed by atoms with Gasteiger partial charge in [-0.25, -0.2) is 9.59 Å². The molecule has 0 aromatic heterocycles. The van der Waals surface area contributed by atoms with E-state index in [0.29, 0.717) is 19.8 Å². The van der Waals surface area contributed by atoms with Crippen molar-refractivity contribution in [1.29, 1.82) is 0 Å². The largest absolute Gasteiger partial charge is 0.492 e. The predicted octanol–water partition coefficient (Wildman–Crippen LogP) is 3.13. The van der Waals surface area contributed by atoms with Crippen molar-refractivity contribution in [2.24, 2.45) is 0 Å². The number of carboxylic acids is 2. The molecule has 178 valence electrons. The van der Waals surface area contributed by atoms with Crippen molar-refractivity contribution in [3.63, 3.8) is 0 Å². The summed E-state index contributed by atoms with van der Waals surface area (Å²) in [6.07, 6.45) is -0.0304. The highest BCUT2D eigenvalue weighted by Crippen LogP contribution is 2.40. The minimum atomic E-state index is -1.82. The smallest absolute Gasteiger partial charge is 0.414 e. The number of benzene rings is 3. The molecule has 0 bridgehead atoms. The average molecular weight is 466 g/mol. The zero-order valence-corrected chi connectivity index (χ0v) is 18.5. The third-order valence-electron chi connectivity index (χ3n) is 4.96. The Bertz CT molecular complexity index is 977. The van der Waals surface area contributed by atoms with Crippen molar-refractivity contribution < 1.29 is 34.0 Å². The minimum absolute atomic E-state index is 0.0304. The molecule has 0 spiro atoms. The Hall–Kier alpha value is -3.72. The molecule has 1 aliphatic rings. The molecule has 3 aromatic rings. The van der Waals surface area contributed by atoms with E-state index in [2.05, 4.69) is 29.6 Å². The maximum atomic E-state index is 9.10. The molecule has 3 aromatic carbocycles. The minimum Gasteiger partial charge on any atom is -0.492 e. The molecule has 1 saturated heterocycles. The SMILES string of the molecule is O=C(O)C(=O)O.c1ccc(OCCNC[C@@H]2COC(c3ccccc3)(c3ccccc3)O2)cc1. The van der Waals surface area contributed by atoms with Crippen LogP contribution in [0, 0.1) is 0 Å². The summed E-state index contributed by atoms with van der Waals surface area (Å²) in [5.41, 5.74) is 2.02. The second-order valence-electron chi connectivity index (χ2n) is 7.38. The molecule has 8 nitrogen and oxygen atoms in total. The lowest BCUT2D eigenvalue weighted by Gasteiger charge is -2.29. The van der Waals surface area contributed by atoms with Crippen LogP contribution in [0.1, 0.15) is 11.1 Å². The van der Waals surface area contributed by atoms with E-state index in [1.807, 2.05) is 66.7 Å². The molecule has 0 radical (unpaired) electrons. The van der Waals surface area contributed by atoms with Gasteiger partial charge in [0.15, 0.2) is 0 Å². The van der Waals surface area contributed by atoms with Gasteiger partial charge in [-0.3, -0.25) is 0 Å². The van der Waals surface area contributed by atoms with E-state index in [9.17, 15) is 0 Å². The summed E-state index contributed by atoms with van der Waals surface area (Å²) in [6.45, 7) is 2.61. The van der Waals surface area contributed by atoms with E-state index in [-0.39, 0.29) is 6.10 Å². The Morgan fingerprint density at radius 2 is 1.35 bits per heavy atom. The van der Waals surface area contributed by atoms with Gasteiger partial charge < -0.3 is 29.7 Å². The first kappa shape index (κ1) is 24.9. The van der Waals surface area contributed by atoms with Gasteiger partial charge in [-0.15, -0.1) is 0 Å². The van der Waals surface area contributed by atoms with E-state index in [1.54, 1.807) is 0 Å². The van der Waals surface area contributed by atoms with E-state index < -0.39 is 17.7 Å². The van der Waals surface area contributed by atoms with Crippen LogP contribution >= 0.6 is 0 Å². The lowest BCUT2D eigenvalue weighted by Crippen LogP contribution is -2.34. The maximum Gasteiger partial charge on any atom is 0.414 e. The Labute approximate surface area is 197 Å². The number of rotatable bonds is 8. The first-order valence-corrected chi connectivity index (χ1v) is 10.8. The maximum absolute atomic E-state index is 9.10. The number of ether oxygens (including phenoxy) is 3. The highest BCUT2D eigenvalue weighted by atomic mass is 16.7. The second kappa shape index (κ2) is 12.5. The molecular weight excluding hydrogens is 438 g/mol. The fourth-order valence-electron chi connectivity index (χ4n) is 3.42. The summed E-state index contributed by atoms with van der Waals surface area (Å²) in [6, 6.07) is 30.1. The van der Waals surface area contributed by atoms with Gasteiger partial charge in [0.25, 0.3) is 0 Å². The average Bonchev–Trinajstić information content (AvgIpc) is 3.31. The molecule has 1 heterocycles. The molecule has 0 amide bonds. The molecule has 0 aliphatic carbocycles. The Balaban J connectivity index is 0.000000481. The molecule has 0 saturated carbocycles. The van der Waals surface area contributed by atoms with Crippen LogP contribution < -0.4 is 10.1 Å². The van der Waals surface area contributed by atoms with Crippen LogP contribution in [0.2, 0.25) is 0 Å². The standard InChI is InChI=1S/C24H25NO3.C2H2O4/c1-4-10-20(11-5-1)24(21-12-6-2-7-13-21)27-19-23(28-24)18-25-16-17-26-22-14-8-3-9-15-22;3-1(4)2(5)6/h1-15,23,25H,16-19H2;(H,3,4)(H,5,6)/t23-;/m1./s1. The van der Waals surface area contributed by atoms with E-state index in [0.717, 1.165) is 23.4 Å². The molecule has 1 fully saturated rings. The van der Waals surface area contributed by atoms with Crippen molar-refractivity contribution in [2.45, 2.75) is 11.9 Å². The van der Waals surface area contributed by atoms with Gasteiger partial charge in [0.2, 0.25) is 5.79 Å². The second-order valence-corrected chi connectivity index (χ2v) is 7.38. The number of hydrogen-bond acceptors (Lipinski definition) is 6. The van der Waals surface area contributed by atoms with Crippen LogP contribution in [0.4, 0.5) is 0 Å². The molecule has 3 N–H and O–H groups in total. The Morgan fingerprint density at radius 1 is 0.853 bits per heavy atom. The van der Waals surface area contributed by atoms with Crippen molar-refractivity contribution in [3.8, 4) is 5.75 Å². The molecular formula is C26H27NO7.